The number of carbonyl (C=O) groups excluding carboxylic acids is 1. The zero-order chi connectivity index (χ0) is 15.9. The summed E-state index contributed by atoms with van der Waals surface area (Å²) in [4.78, 5) is 14.5. The smallest absolute Gasteiger partial charge is 0.257 e. The van der Waals surface area contributed by atoms with E-state index in [2.05, 4.69) is 6.58 Å². The molecule has 4 heteroatoms. The second-order valence-electron chi connectivity index (χ2n) is 5.72. The molecule has 22 heavy (non-hydrogen) atoms. The molecule has 120 valence electrons. The molecule has 1 atom stereocenters. The second-order valence-corrected chi connectivity index (χ2v) is 5.72. The van der Waals surface area contributed by atoms with Gasteiger partial charge >= 0.3 is 0 Å². The summed E-state index contributed by atoms with van der Waals surface area (Å²) in [5.74, 6) is 0.608. The molecule has 1 aliphatic heterocycles. The molecule has 4 nitrogen and oxygen atoms in total. The number of hydrogen-bond acceptors (Lipinski definition) is 3. The van der Waals surface area contributed by atoms with Gasteiger partial charge in [0.05, 0.1) is 11.7 Å². The molecule has 0 N–H and O–H groups in total. The van der Waals surface area contributed by atoms with Gasteiger partial charge in [-0.3, -0.25) is 4.79 Å². The van der Waals surface area contributed by atoms with Crippen LogP contribution in [0.1, 0.15) is 37.0 Å². The van der Waals surface area contributed by atoms with Crippen molar-refractivity contribution in [1.82, 2.24) is 4.90 Å². The molecule has 0 spiro atoms. The zero-order valence-corrected chi connectivity index (χ0v) is 13.5. The van der Waals surface area contributed by atoms with Gasteiger partial charge in [-0.1, -0.05) is 24.3 Å². The molecule has 1 aromatic carbocycles. The summed E-state index contributed by atoms with van der Waals surface area (Å²) in [6.45, 7) is 10.3. The van der Waals surface area contributed by atoms with Crippen LogP contribution in [0, 0.1) is 0 Å². The van der Waals surface area contributed by atoms with Crippen molar-refractivity contribution in [3.8, 4) is 5.75 Å². The van der Waals surface area contributed by atoms with Gasteiger partial charge < -0.3 is 14.4 Å². The van der Waals surface area contributed by atoms with Gasteiger partial charge in [-0.05, 0) is 38.8 Å². The average molecular weight is 303 g/mol. The van der Waals surface area contributed by atoms with Crippen LogP contribution >= 0.6 is 0 Å². The van der Waals surface area contributed by atoms with E-state index in [-0.39, 0.29) is 12.0 Å². The second kappa shape index (κ2) is 7.99. The summed E-state index contributed by atoms with van der Waals surface area (Å²) in [5.41, 5.74) is 1.57. The molecular formula is C18H25NO3. The molecule has 0 aliphatic carbocycles. The lowest BCUT2D eigenvalue weighted by Gasteiger charge is -2.22. The number of amides is 1. The fourth-order valence-corrected chi connectivity index (χ4v) is 2.55. The number of benzene rings is 1. The van der Waals surface area contributed by atoms with Gasteiger partial charge in [0.1, 0.15) is 12.4 Å². The predicted octanol–water partition coefficient (Wildman–Crippen LogP) is 3.28. The minimum absolute atomic E-state index is 0.0200. The number of rotatable bonds is 7. The Bertz CT molecular complexity index is 521. The minimum atomic E-state index is -0.0200. The molecule has 1 fully saturated rings. The molecule has 0 radical (unpaired) electrons. The maximum Gasteiger partial charge on any atom is 0.257 e. The third-order valence-corrected chi connectivity index (χ3v) is 3.70. The molecule has 1 amide bonds. The van der Waals surface area contributed by atoms with Crippen molar-refractivity contribution < 1.29 is 14.3 Å². The number of carbonyl (C=O) groups is 1. The van der Waals surface area contributed by atoms with Crippen LogP contribution in [0.15, 0.2) is 36.4 Å². The number of para-hydroxylation sites is 1. The minimum Gasteiger partial charge on any atom is -0.490 e. The molecule has 2 rings (SSSR count). The maximum atomic E-state index is 12.7. The first-order valence-corrected chi connectivity index (χ1v) is 7.89. The zero-order valence-electron chi connectivity index (χ0n) is 13.5. The standard InChI is InChI=1S/C18H25NO3/c1-4-19(12-14(2)3)18(20)16-9-5-6-10-17(16)22-13-15-8-7-11-21-15/h5-6,9-10,15H,2,4,7-8,11-13H2,1,3H3. The van der Waals surface area contributed by atoms with Crippen LogP contribution in [0.3, 0.4) is 0 Å². The lowest BCUT2D eigenvalue weighted by atomic mass is 10.1. The van der Waals surface area contributed by atoms with E-state index in [4.69, 9.17) is 9.47 Å². The molecule has 1 aliphatic rings. The van der Waals surface area contributed by atoms with Gasteiger partial charge in [0.25, 0.3) is 5.91 Å². The van der Waals surface area contributed by atoms with E-state index >= 15 is 0 Å². The van der Waals surface area contributed by atoms with Crippen molar-refractivity contribution in [2.75, 3.05) is 26.3 Å². The average Bonchev–Trinajstić information content (AvgIpc) is 3.03. The first-order chi connectivity index (χ1) is 10.6. The number of likely N-dealkylation sites (N-methyl/N-ethyl adjacent to an activating group) is 1. The Morgan fingerprint density at radius 3 is 2.86 bits per heavy atom. The molecule has 0 bridgehead atoms. The molecule has 1 unspecified atom stereocenters. The molecular weight excluding hydrogens is 278 g/mol. The van der Waals surface area contributed by atoms with Gasteiger partial charge in [-0.25, -0.2) is 0 Å². The van der Waals surface area contributed by atoms with E-state index in [0.717, 1.165) is 25.0 Å². The Hall–Kier alpha value is -1.81. The first kappa shape index (κ1) is 16.6. The predicted molar refractivity (Wildman–Crippen MR) is 87.3 cm³/mol. The fraction of sp³-hybridized carbons (Fsp3) is 0.500. The highest BCUT2D eigenvalue weighted by molar-refractivity contribution is 5.97. The number of ether oxygens (including phenoxy) is 2. The van der Waals surface area contributed by atoms with E-state index in [0.29, 0.717) is 31.0 Å². The molecule has 1 saturated heterocycles. The van der Waals surface area contributed by atoms with Crippen LogP contribution in [0.2, 0.25) is 0 Å². The first-order valence-electron chi connectivity index (χ1n) is 7.89. The Morgan fingerprint density at radius 1 is 1.45 bits per heavy atom. The summed E-state index contributed by atoms with van der Waals surface area (Å²) in [6.07, 6.45) is 2.24. The quantitative estimate of drug-likeness (QED) is 0.726. The molecule has 0 saturated carbocycles. The summed E-state index contributed by atoms with van der Waals surface area (Å²) in [6, 6.07) is 7.41. The third-order valence-electron chi connectivity index (χ3n) is 3.70. The summed E-state index contributed by atoms with van der Waals surface area (Å²) in [5, 5.41) is 0. The van der Waals surface area contributed by atoms with Crippen molar-refractivity contribution in [2.24, 2.45) is 0 Å². The van der Waals surface area contributed by atoms with Crippen LogP contribution in [-0.4, -0.2) is 43.2 Å². The van der Waals surface area contributed by atoms with Gasteiger partial charge in [0.2, 0.25) is 0 Å². The van der Waals surface area contributed by atoms with Gasteiger partial charge in [-0.2, -0.15) is 0 Å². The molecule has 1 aromatic rings. The Labute approximate surface area is 132 Å². The highest BCUT2D eigenvalue weighted by atomic mass is 16.5. The highest BCUT2D eigenvalue weighted by Gasteiger charge is 2.20. The van der Waals surface area contributed by atoms with Crippen molar-refractivity contribution in [2.45, 2.75) is 32.8 Å². The van der Waals surface area contributed by atoms with E-state index in [1.165, 1.54) is 0 Å². The van der Waals surface area contributed by atoms with Crippen LogP contribution in [0.5, 0.6) is 5.75 Å². The highest BCUT2D eigenvalue weighted by Crippen LogP contribution is 2.22. The van der Waals surface area contributed by atoms with Crippen LogP contribution in [0.4, 0.5) is 0 Å². The van der Waals surface area contributed by atoms with Gasteiger partial charge in [0.15, 0.2) is 0 Å². The van der Waals surface area contributed by atoms with Crippen LogP contribution < -0.4 is 4.74 Å². The lowest BCUT2D eigenvalue weighted by molar-refractivity contribution is 0.0655. The SMILES string of the molecule is C=C(C)CN(CC)C(=O)c1ccccc1OCC1CCCO1. The summed E-state index contributed by atoms with van der Waals surface area (Å²) in [7, 11) is 0. The van der Waals surface area contributed by atoms with Gasteiger partial charge in [0, 0.05) is 19.7 Å². The van der Waals surface area contributed by atoms with E-state index in [1.807, 2.05) is 38.1 Å². The number of nitrogens with zero attached hydrogens (tertiary/aromatic N) is 1. The summed E-state index contributed by atoms with van der Waals surface area (Å²) >= 11 is 0. The molecule has 0 aromatic heterocycles. The Kier molecular flexibility index (Phi) is 6.01. The van der Waals surface area contributed by atoms with Crippen molar-refractivity contribution >= 4 is 5.91 Å². The van der Waals surface area contributed by atoms with E-state index in [9.17, 15) is 4.79 Å². The van der Waals surface area contributed by atoms with E-state index < -0.39 is 0 Å². The number of hydrogen-bond donors (Lipinski definition) is 0. The van der Waals surface area contributed by atoms with Gasteiger partial charge in [-0.15, -0.1) is 0 Å². The fourth-order valence-electron chi connectivity index (χ4n) is 2.55. The Balaban J connectivity index is 2.08. The third kappa shape index (κ3) is 4.34. The largest absolute Gasteiger partial charge is 0.490 e. The monoisotopic (exact) mass is 303 g/mol. The van der Waals surface area contributed by atoms with Crippen molar-refractivity contribution in [3.05, 3.63) is 42.0 Å². The Morgan fingerprint density at radius 2 is 2.23 bits per heavy atom. The lowest BCUT2D eigenvalue weighted by Crippen LogP contribution is -2.32. The maximum absolute atomic E-state index is 12.7. The molecule has 1 heterocycles. The topological polar surface area (TPSA) is 38.8 Å². The summed E-state index contributed by atoms with van der Waals surface area (Å²) < 4.78 is 11.4. The van der Waals surface area contributed by atoms with E-state index in [1.54, 1.807) is 4.90 Å². The normalized spacial score (nSPS) is 17.3. The van der Waals surface area contributed by atoms with Crippen LogP contribution in [-0.2, 0) is 4.74 Å². The van der Waals surface area contributed by atoms with Crippen LogP contribution in [0.25, 0.3) is 0 Å². The van der Waals surface area contributed by atoms with Crippen molar-refractivity contribution in [3.63, 3.8) is 0 Å². The van der Waals surface area contributed by atoms with Crippen molar-refractivity contribution in [1.29, 1.82) is 0 Å².